The Hall–Kier alpha value is -1.34. The highest BCUT2D eigenvalue weighted by Gasteiger charge is 2.23. The zero-order valence-corrected chi connectivity index (χ0v) is 13.0. The maximum atomic E-state index is 10.8. The van der Waals surface area contributed by atoms with Crippen LogP contribution in [0.2, 0.25) is 0 Å². The first-order valence-electron chi connectivity index (χ1n) is 6.18. The van der Waals surface area contributed by atoms with Gasteiger partial charge in [-0.05, 0) is 6.07 Å². The van der Waals surface area contributed by atoms with E-state index in [9.17, 15) is 15.2 Å². The van der Waals surface area contributed by atoms with E-state index in [1.54, 1.807) is 6.08 Å². The van der Waals surface area contributed by atoms with Crippen LogP contribution in [0.3, 0.4) is 0 Å². The molecule has 1 aliphatic rings. The number of nitrogens with one attached hydrogen (secondary N) is 1. The standard InChI is InChI=1S/C13H17N3O3.2ClH/c1-2-12(15-7-5-14-6-8-15)11-9-10(16(18)19)3-4-13(11)17;;/h2-4,9,12,14,17H,1,5-8H2;2*1H/t12-;;/m1../s1. The fourth-order valence-corrected chi connectivity index (χ4v) is 2.33. The number of phenols is 1. The molecule has 1 fully saturated rings. The summed E-state index contributed by atoms with van der Waals surface area (Å²) in [6, 6.07) is 3.88. The van der Waals surface area contributed by atoms with Crippen molar-refractivity contribution >= 4 is 30.5 Å². The number of hydrogen-bond acceptors (Lipinski definition) is 5. The third kappa shape index (κ3) is 4.57. The van der Waals surface area contributed by atoms with Crippen molar-refractivity contribution in [3.63, 3.8) is 0 Å². The summed E-state index contributed by atoms with van der Waals surface area (Å²) in [7, 11) is 0. The maximum absolute atomic E-state index is 10.8. The largest absolute Gasteiger partial charge is 0.508 e. The molecule has 2 rings (SSSR count). The SMILES string of the molecule is C=C[C@H](c1cc([N+](=O)[O-])ccc1O)N1CCNCC1.Cl.Cl. The molecule has 1 atom stereocenters. The summed E-state index contributed by atoms with van der Waals surface area (Å²) in [6.45, 7) is 7.14. The van der Waals surface area contributed by atoms with Gasteiger partial charge in [-0.3, -0.25) is 15.0 Å². The fourth-order valence-electron chi connectivity index (χ4n) is 2.33. The van der Waals surface area contributed by atoms with Crippen LogP contribution in [0.1, 0.15) is 11.6 Å². The second-order valence-corrected chi connectivity index (χ2v) is 4.47. The summed E-state index contributed by atoms with van der Waals surface area (Å²) in [6.07, 6.45) is 1.71. The highest BCUT2D eigenvalue weighted by Crippen LogP contribution is 2.32. The number of benzene rings is 1. The van der Waals surface area contributed by atoms with Gasteiger partial charge >= 0.3 is 0 Å². The lowest BCUT2D eigenvalue weighted by atomic mass is 10.0. The van der Waals surface area contributed by atoms with E-state index >= 15 is 0 Å². The Morgan fingerprint density at radius 2 is 2.00 bits per heavy atom. The number of nitro benzene ring substituents is 1. The van der Waals surface area contributed by atoms with Gasteiger partial charge in [-0.2, -0.15) is 0 Å². The highest BCUT2D eigenvalue weighted by molar-refractivity contribution is 5.85. The predicted molar refractivity (Wildman–Crippen MR) is 86.6 cm³/mol. The fraction of sp³-hybridized carbons (Fsp3) is 0.385. The molecule has 0 aromatic heterocycles. The van der Waals surface area contributed by atoms with Crippen molar-refractivity contribution in [2.75, 3.05) is 26.2 Å². The number of piperazine rings is 1. The van der Waals surface area contributed by atoms with Crippen molar-refractivity contribution in [2.45, 2.75) is 6.04 Å². The number of phenolic OH excluding ortho intramolecular Hbond substituents is 1. The van der Waals surface area contributed by atoms with Crippen molar-refractivity contribution in [3.05, 3.63) is 46.5 Å². The Bertz CT molecular complexity index is 494. The summed E-state index contributed by atoms with van der Waals surface area (Å²) in [5.74, 6) is 0.0639. The molecule has 2 N–H and O–H groups in total. The van der Waals surface area contributed by atoms with Crippen molar-refractivity contribution in [1.29, 1.82) is 0 Å². The van der Waals surface area contributed by atoms with Crippen LogP contribution in [0, 0.1) is 10.1 Å². The number of nitro groups is 1. The van der Waals surface area contributed by atoms with Crippen LogP contribution in [-0.4, -0.2) is 41.1 Å². The molecule has 0 aliphatic carbocycles. The minimum absolute atomic E-state index is 0. The van der Waals surface area contributed by atoms with Gasteiger partial charge in [0.1, 0.15) is 5.75 Å². The van der Waals surface area contributed by atoms with E-state index in [-0.39, 0.29) is 42.3 Å². The van der Waals surface area contributed by atoms with Gasteiger partial charge in [-0.25, -0.2) is 0 Å². The van der Waals surface area contributed by atoms with Gasteiger partial charge in [0.25, 0.3) is 5.69 Å². The van der Waals surface area contributed by atoms with E-state index in [2.05, 4.69) is 16.8 Å². The minimum Gasteiger partial charge on any atom is -0.508 e. The third-order valence-electron chi connectivity index (χ3n) is 3.31. The molecule has 0 saturated carbocycles. The molecule has 1 aromatic carbocycles. The Kier molecular flexibility index (Phi) is 8.27. The van der Waals surface area contributed by atoms with Gasteiger partial charge in [-0.1, -0.05) is 6.08 Å². The van der Waals surface area contributed by atoms with Gasteiger partial charge < -0.3 is 10.4 Å². The molecule has 1 heterocycles. The van der Waals surface area contributed by atoms with Crippen LogP contribution in [0.4, 0.5) is 5.69 Å². The zero-order chi connectivity index (χ0) is 13.8. The zero-order valence-electron chi connectivity index (χ0n) is 11.4. The summed E-state index contributed by atoms with van der Waals surface area (Å²) in [5, 5.41) is 24.0. The Labute approximate surface area is 135 Å². The molecule has 0 unspecified atom stereocenters. The summed E-state index contributed by atoms with van der Waals surface area (Å²) in [5.41, 5.74) is 0.515. The molecular weight excluding hydrogens is 317 g/mol. The van der Waals surface area contributed by atoms with Crippen LogP contribution >= 0.6 is 24.8 Å². The van der Waals surface area contributed by atoms with E-state index in [0.717, 1.165) is 26.2 Å². The molecule has 0 radical (unpaired) electrons. The molecule has 0 bridgehead atoms. The molecule has 8 heteroatoms. The normalized spacial score (nSPS) is 16.2. The molecule has 0 spiro atoms. The van der Waals surface area contributed by atoms with Crippen LogP contribution in [-0.2, 0) is 0 Å². The van der Waals surface area contributed by atoms with Crippen molar-refractivity contribution in [1.82, 2.24) is 10.2 Å². The summed E-state index contributed by atoms with van der Waals surface area (Å²) < 4.78 is 0. The quantitative estimate of drug-likeness (QED) is 0.501. The van der Waals surface area contributed by atoms with E-state index in [1.807, 2.05) is 0 Å². The summed E-state index contributed by atoms with van der Waals surface area (Å²) in [4.78, 5) is 12.5. The van der Waals surface area contributed by atoms with Crippen LogP contribution < -0.4 is 5.32 Å². The van der Waals surface area contributed by atoms with Crippen LogP contribution in [0.25, 0.3) is 0 Å². The topological polar surface area (TPSA) is 78.6 Å². The van der Waals surface area contributed by atoms with E-state index < -0.39 is 4.92 Å². The molecule has 118 valence electrons. The van der Waals surface area contributed by atoms with Crippen LogP contribution in [0.15, 0.2) is 30.9 Å². The number of aromatic hydroxyl groups is 1. The predicted octanol–water partition coefficient (Wildman–Crippen LogP) is 2.28. The molecular formula is C13H19Cl2N3O3. The lowest BCUT2D eigenvalue weighted by Crippen LogP contribution is -2.44. The number of hydrogen-bond donors (Lipinski definition) is 2. The molecule has 0 amide bonds. The number of non-ortho nitro benzene ring substituents is 1. The van der Waals surface area contributed by atoms with Crippen LogP contribution in [0.5, 0.6) is 5.75 Å². The smallest absolute Gasteiger partial charge is 0.270 e. The number of halogens is 2. The van der Waals surface area contributed by atoms with Gasteiger partial charge in [0.05, 0.1) is 11.0 Å². The first-order valence-corrected chi connectivity index (χ1v) is 6.18. The van der Waals surface area contributed by atoms with Crippen molar-refractivity contribution < 1.29 is 10.0 Å². The second kappa shape index (κ2) is 8.84. The van der Waals surface area contributed by atoms with Gasteiger partial charge in [0.15, 0.2) is 0 Å². The lowest BCUT2D eigenvalue weighted by Gasteiger charge is -2.33. The summed E-state index contributed by atoms with van der Waals surface area (Å²) >= 11 is 0. The molecule has 1 aromatic rings. The highest BCUT2D eigenvalue weighted by atomic mass is 35.5. The van der Waals surface area contributed by atoms with Crippen molar-refractivity contribution in [2.24, 2.45) is 0 Å². The Balaban J connectivity index is 0.00000200. The molecule has 21 heavy (non-hydrogen) atoms. The number of rotatable bonds is 4. The Morgan fingerprint density at radius 1 is 1.38 bits per heavy atom. The minimum atomic E-state index is -0.457. The first-order chi connectivity index (χ1) is 9.13. The molecule has 6 nitrogen and oxygen atoms in total. The first kappa shape index (κ1) is 19.7. The average Bonchev–Trinajstić information content (AvgIpc) is 2.42. The third-order valence-corrected chi connectivity index (χ3v) is 3.31. The second-order valence-electron chi connectivity index (χ2n) is 4.47. The van der Waals surface area contributed by atoms with E-state index in [0.29, 0.717) is 5.56 Å². The monoisotopic (exact) mass is 335 g/mol. The maximum Gasteiger partial charge on any atom is 0.270 e. The lowest BCUT2D eigenvalue weighted by molar-refractivity contribution is -0.385. The van der Waals surface area contributed by atoms with Gasteiger partial charge in [-0.15, -0.1) is 31.4 Å². The molecule has 1 aliphatic heterocycles. The van der Waals surface area contributed by atoms with E-state index in [1.165, 1.54) is 18.2 Å². The average molecular weight is 336 g/mol. The van der Waals surface area contributed by atoms with Gasteiger partial charge in [0, 0.05) is 43.9 Å². The van der Waals surface area contributed by atoms with Crippen molar-refractivity contribution in [3.8, 4) is 5.75 Å². The molecule has 1 saturated heterocycles. The van der Waals surface area contributed by atoms with Gasteiger partial charge in [0.2, 0.25) is 0 Å². The van der Waals surface area contributed by atoms with E-state index in [4.69, 9.17) is 0 Å². The Morgan fingerprint density at radius 3 is 2.52 bits per heavy atom. The number of nitrogens with zero attached hydrogens (tertiary/aromatic N) is 2.